The Labute approximate surface area is 186 Å². The third kappa shape index (κ3) is 5.54. The van der Waals surface area contributed by atoms with Crippen molar-refractivity contribution in [1.29, 1.82) is 0 Å². The van der Waals surface area contributed by atoms with Gasteiger partial charge in [0.1, 0.15) is 0 Å². The second kappa shape index (κ2) is 10.3. The Hall–Kier alpha value is -2.08. The molecule has 0 fully saturated rings. The van der Waals surface area contributed by atoms with Crippen LogP contribution in [0.3, 0.4) is 0 Å². The van der Waals surface area contributed by atoms with Crippen LogP contribution in [0.5, 0.6) is 0 Å². The van der Waals surface area contributed by atoms with Gasteiger partial charge in [0, 0.05) is 0 Å². The monoisotopic (exact) mass is 402 g/mol. The summed E-state index contributed by atoms with van der Waals surface area (Å²) in [5.41, 5.74) is 14.7. The van der Waals surface area contributed by atoms with Gasteiger partial charge in [-0.2, -0.15) is 0 Å². The summed E-state index contributed by atoms with van der Waals surface area (Å²) in [6.07, 6.45) is 15.7. The maximum atomic E-state index is 2.30. The largest absolute Gasteiger partial charge is 0.0617 e. The average Bonchev–Trinajstić information content (AvgIpc) is 3.13. The summed E-state index contributed by atoms with van der Waals surface area (Å²) in [5.74, 6) is 1.27. The molecule has 30 heavy (non-hydrogen) atoms. The van der Waals surface area contributed by atoms with Gasteiger partial charge in [0.15, 0.2) is 0 Å². The van der Waals surface area contributed by atoms with E-state index in [9.17, 15) is 0 Å². The molecule has 0 saturated heterocycles. The van der Waals surface area contributed by atoms with Crippen LogP contribution in [0.15, 0.2) is 92.2 Å². The first kappa shape index (κ1) is 24.2. The second-order valence-corrected chi connectivity index (χ2v) is 9.68. The van der Waals surface area contributed by atoms with Crippen molar-refractivity contribution >= 4 is 0 Å². The molecule has 0 nitrogen and oxygen atoms in total. The van der Waals surface area contributed by atoms with Crippen LogP contribution < -0.4 is 0 Å². The minimum absolute atomic E-state index is 0.634. The second-order valence-electron chi connectivity index (χ2n) is 9.68. The van der Waals surface area contributed by atoms with Crippen LogP contribution in [0.25, 0.3) is 0 Å². The Morgan fingerprint density at radius 2 is 0.933 bits per heavy atom. The van der Waals surface area contributed by atoms with E-state index in [1.54, 1.807) is 11.1 Å². The van der Waals surface area contributed by atoms with Crippen molar-refractivity contribution in [2.75, 3.05) is 0 Å². The van der Waals surface area contributed by atoms with Crippen LogP contribution in [-0.4, -0.2) is 0 Å². The molecule has 0 amide bonds. The van der Waals surface area contributed by atoms with E-state index in [2.05, 4.69) is 106 Å². The molecule has 0 bridgehead atoms. The normalized spacial score (nSPS) is 19.6. The van der Waals surface area contributed by atoms with Crippen molar-refractivity contribution in [2.45, 2.75) is 82.1 Å². The molecule has 0 heteroatoms. The van der Waals surface area contributed by atoms with Crippen molar-refractivity contribution in [3.8, 4) is 0 Å². The van der Waals surface area contributed by atoms with Crippen molar-refractivity contribution in [3.05, 3.63) is 92.2 Å². The molecule has 0 radical (unpaired) electrons. The average molecular weight is 403 g/mol. The van der Waals surface area contributed by atoms with Gasteiger partial charge in [-0.05, 0) is 111 Å². The highest BCUT2D eigenvalue weighted by atomic mass is 14.2. The predicted molar refractivity (Wildman–Crippen MR) is 136 cm³/mol. The molecule has 0 aromatic heterocycles. The van der Waals surface area contributed by atoms with Crippen LogP contribution >= 0.6 is 0 Å². The number of allylic oxidation sites excluding steroid dienone is 16. The molecule has 0 N–H and O–H groups in total. The third-order valence-corrected chi connectivity index (χ3v) is 7.12. The minimum Gasteiger partial charge on any atom is -0.0617 e. The van der Waals surface area contributed by atoms with Gasteiger partial charge in [-0.25, -0.2) is 0 Å². The zero-order valence-corrected chi connectivity index (χ0v) is 21.0. The fourth-order valence-electron chi connectivity index (χ4n) is 4.43. The highest BCUT2D eigenvalue weighted by Gasteiger charge is 2.19. The molecule has 0 saturated carbocycles. The molecule has 0 aromatic rings. The minimum atomic E-state index is 0.634. The van der Waals surface area contributed by atoms with Crippen LogP contribution in [0.1, 0.15) is 82.1 Å². The van der Waals surface area contributed by atoms with Gasteiger partial charge in [-0.1, -0.05) is 75.3 Å². The molecular formula is C30H42. The number of hydrogen-bond acceptors (Lipinski definition) is 0. The van der Waals surface area contributed by atoms with Crippen LogP contribution in [0.4, 0.5) is 0 Å². The zero-order valence-electron chi connectivity index (χ0n) is 21.0. The Bertz CT molecular complexity index is 847. The maximum Gasteiger partial charge on any atom is -0.00560 e. The summed E-state index contributed by atoms with van der Waals surface area (Å²) in [5, 5.41) is 0. The van der Waals surface area contributed by atoms with E-state index in [0.29, 0.717) is 11.8 Å². The van der Waals surface area contributed by atoms with Gasteiger partial charge in [0.2, 0.25) is 0 Å². The number of rotatable bonds is 7. The Kier molecular flexibility index (Phi) is 8.30. The summed E-state index contributed by atoms with van der Waals surface area (Å²) in [4.78, 5) is 0. The molecule has 0 unspecified atom stereocenters. The molecule has 0 spiro atoms. The summed E-state index contributed by atoms with van der Waals surface area (Å²) in [7, 11) is 0. The van der Waals surface area contributed by atoms with Gasteiger partial charge >= 0.3 is 0 Å². The van der Waals surface area contributed by atoms with Crippen molar-refractivity contribution in [2.24, 2.45) is 11.8 Å². The molecule has 2 aliphatic rings. The Morgan fingerprint density at radius 3 is 1.20 bits per heavy atom. The molecule has 162 valence electrons. The molecule has 2 rings (SSSR count). The van der Waals surface area contributed by atoms with E-state index in [4.69, 9.17) is 0 Å². The van der Waals surface area contributed by atoms with Crippen molar-refractivity contribution in [1.82, 2.24) is 0 Å². The summed E-state index contributed by atoms with van der Waals surface area (Å²) >= 11 is 0. The fraction of sp³-hybridized carbons (Fsp3) is 0.467. The summed E-state index contributed by atoms with van der Waals surface area (Å²) in [6.45, 7) is 22.7. The maximum absolute atomic E-state index is 2.30. The van der Waals surface area contributed by atoms with E-state index < -0.39 is 0 Å². The molecular weight excluding hydrogens is 360 g/mol. The lowest BCUT2D eigenvalue weighted by Gasteiger charge is -2.08. The summed E-state index contributed by atoms with van der Waals surface area (Å²) in [6, 6.07) is 0. The van der Waals surface area contributed by atoms with Crippen LogP contribution in [0.2, 0.25) is 0 Å². The standard InChI is InChI=1S/C30H42/c1-19(2)29-17-27(23(7)25(29)9)15-11-13-21(5)22(6)14-12-16-28-18-30(20(3)4)26(10)24(28)8/h11-16,19-20H,17-18H2,1-10H3/b15-11+,16-12+,21-13?,22-14?. The third-order valence-electron chi connectivity index (χ3n) is 7.12. The van der Waals surface area contributed by atoms with E-state index in [0.717, 1.165) is 12.8 Å². The number of hydrogen-bond donors (Lipinski definition) is 0. The quantitative estimate of drug-likeness (QED) is 0.372. The lowest BCUT2D eigenvalue weighted by molar-refractivity contribution is 0.742. The first-order valence-electron chi connectivity index (χ1n) is 11.5. The molecule has 0 aromatic carbocycles. The lowest BCUT2D eigenvalue weighted by atomic mass is 9.97. The van der Waals surface area contributed by atoms with Gasteiger partial charge in [-0.15, -0.1) is 0 Å². The fourth-order valence-corrected chi connectivity index (χ4v) is 4.43. The first-order chi connectivity index (χ1) is 14.0. The summed E-state index contributed by atoms with van der Waals surface area (Å²) < 4.78 is 0. The van der Waals surface area contributed by atoms with Crippen molar-refractivity contribution < 1.29 is 0 Å². The molecule has 2 aliphatic carbocycles. The SMILES string of the molecule is CC(=C/C=C/C1=C(C)C(C)=C(C(C)C)C1)C(C)=C/C=C/C1=C(C)C(C)=C(C(C)C)C1. The van der Waals surface area contributed by atoms with Gasteiger partial charge in [-0.3, -0.25) is 0 Å². The highest BCUT2D eigenvalue weighted by molar-refractivity contribution is 5.51. The van der Waals surface area contributed by atoms with Crippen LogP contribution in [0, 0.1) is 11.8 Å². The smallest absolute Gasteiger partial charge is 0.00560 e. The van der Waals surface area contributed by atoms with E-state index in [-0.39, 0.29) is 0 Å². The molecule has 0 atom stereocenters. The highest BCUT2D eigenvalue weighted by Crippen LogP contribution is 2.37. The van der Waals surface area contributed by atoms with E-state index in [1.807, 2.05) is 0 Å². The van der Waals surface area contributed by atoms with E-state index in [1.165, 1.54) is 44.6 Å². The Balaban J connectivity index is 2.02. The van der Waals surface area contributed by atoms with Gasteiger partial charge in [0.25, 0.3) is 0 Å². The molecule has 0 aliphatic heterocycles. The first-order valence-corrected chi connectivity index (χ1v) is 11.5. The van der Waals surface area contributed by atoms with Crippen molar-refractivity contribution in [3.63, 3.8) is 0 Å². The van der Waals surface area contributed by atoms with E-state index >= 15 is 0 Å². The van der Waals surface area contributed by atoms with Gasteiger partial charge < -0.3 is 0 Å². The Morgan fingerprint density at radius 1 is 0.600 bits per heavy atom. The predicted octanol–water partition coefficient (Wildman–Crippen LogP) is 9.38. The van der Waals surface area contributed by atoms with Crippen LogP contribution in [-0.2, 0) is 0 Å². The topological polar surface area (TPSA) is 0 Å². The molecule has 0 heterocycles. The van der Waals surface area contributed by atoms with Gasteiger partial charge in [0.05, 0.1) is 0 Å². The lowest BCUT2D eigenvalue weighted by Crippen LogP contribution is -1.93. The zero-order chi connectivity index (χ0) is 22.6.